The van der Waals surface area contributed by atoms with Crippen molar-refractivity contribution in [3.63, 3.8) is 0 Å². The van der Waals surface area contributed by atoms with Gasteiger partial charge in [0.25, 0.3) is 0 Å². The highest BCUT2D eigenvalue weighted by atomic mass is 14.9. The minimum absolute atomic E-state index is 0.973. The second-order valence-electron chi connectivity index (χ2n) is 14.8. The summed E-state index contributed by atoms with van der Waals surface area (Å²) < 4.78 is 0. The van der Waals surface area contributed by atoms with Crippen LogP contribution < -0.4 is 0 Å². The Balaban J connectivity index is 2.06. The molecule has 1 heterocycles. The fourth-order valence-corrected chi connectivity index (χ4v) is 6.97. The van der Waals surface area contributed by atoms with E-state index in [2.05, 4.69) is 26.8 Å². The summed E-state index contributed by atoms with van der Waals surface area (Å²) in [7, 11) is 0. The summed E-state index contributed by atoms with van der Waals surface area (Å²) in [6.45, 7) is 8.65. The Bertz CT molecular complexity index is 674. The number of hydrogen-bond donors (Lipinski definition) is 0. The van der Waals surface area contributed by atoms with E-state index in [1.807, 2.05) is 0 Å². The summed E-state index contributed by atoms with van der Waals surface area (Å²) in [6.07, 6.45) is 50.9. The molecule has 0 N–H and O–H groups in total. The zero-order valence-corrected chi connectivity index (χ0v) is 31.8. The summed E-state index contributed by atoms with van der Waals surface area (Å²) in [5, 5.41) is 0. The van der Waals surface area contributed by atoms with E-state index in [-0.39, 0.29) is 0 Å². The maximum Gasteiger partial charge on any atom is 0.128 e. The Morgan fingerprint density at radius 3 is 0.870 bits per heavy atom. The molecule has 0 aliphatic rings. The van der Waals surface area contributed by atoms with E-state index in [0.29, 0.717) is 0 Å². The zero-order valence-electron chi connectivity index (χ0n) is 31.8. The van der Waals surface area contributed by atoms with Gasteiger partial charge in [0.2, 0.25) is 0 Å². The van der Waals surface area contributed by atoms with Crippen LogP contribution in [0.3, 0.4) is 0 Å². The molecule has 2 nitrogen and oxygen atoms in total. The third kappa shape index (κ3) is 29.2. The average Bonchev–Trinajstić information content (AvgIpc) is 3.07. The molecule has 0 spiro atoms. The molecule has 0 fully saturated rings. The quantitative estimate of drug-likeness (QED) is 0.0677. The Morgan fingerprint density at radius 1 is 0.348 bits per heavy atom. The molecule has 0 unspecified atom stereocenters. The van der Waals surface area contributed by atoms with Gasteiger partial charge in [-0.25, -0.2) is 9.97 Å². The zero-order chi connectivity index (χ0) is 33.0. The SMILES string of the molecule is [CH2]CCCc1nc(CCCCCCCCCCCCCCCCCC)cc(CCCCCCCCCCCCCCCCCC)n1. The van der Waals surface area contributed by atoms with Gasteiger partial charge < -0.3 is 0 Å². The summed E-state index contributed by atoms with van der Waals surface area (Å²) in [5.41, 5.74) is 2.59. The predicted molar refractivity (Wildman–Crippen MR) is 207 cm³/mol. The summed E-state index contributed by atoms with van der Waals surface area (Å²) in [6, 6.07) is 2.34. The molecular weight excluding hydrogens is 556 g/mol. The van der Waals surface area contributed by atoms with Gasteiger partial charge in [-0.05, 0) is 38.2 Å². The van der Waals surface area contributed by atoms with Crippen molar-refractivity contribution < 1.29 is 0 Å². The minimum Gasteiger partial charge on any atom is -0.238 e. The Labute approximate surface area is 290 Å². The van der Waals surface area contributed by atoms with Crippen LogP contribution in [0.5, 0.6) is 0 Å². The topological polar surface area (TPSA) is 25.8 Å². The lowest BCUT2D eigenvalue weighted by Crippen LogP contribution is -2.04. The van der Waals surface area contributed by atoms with Crippen LogP contribution in [0, 0.1) is 6.92 Å². The average molecular weight is 640 g/mol. The predicted octanol–water partition coefficient (Wildman–Crippen LogP) is 15.2. The van der Waals surface area contributed by atoms with E-state index in [4.69, 9.17) is 9.97 Å². The highest BCUT2D eigenvalue weighted by Crippen LogP contribution is 2.17. The van der Waals surface area contributed by atoms with Crippen molar-refractivity contribution in [2.75, 3.05) is 0 Å². The van der Waals surface area contributed by atoms with E-state index >= 15 is 0 Å². The number of aryl methyl sites for hydroxylation is 3. The molecule has 269 valence electrons. The van der Waals surface area contributed by atoms with Gasteiger partial charge in [-0.3, -0.25) is 0 Å². The van der Waals surface area contributed by atoms with E-state index in [9.17, 15) is 0 Å². The monoisotopic (exact) mass is 640 g/mol. The van der Waals surface area contributed by atoms with Crippen LogP contribution in [0.4, 0.5) is 0 Å². The molecule has 0 aliphatic heterocycles. The van der Waals surface area contributed by atoms with Crippen molar-refractivity contribution in [3.8, 4) is 0 Å². The number of unbranched alkanes of at least 4 members (excludes halogenated alkanes) is 31. The van der Waals surface area contributed by atoms with Crippen molar-refractivity contribution >= 4 is 0 Å². The van der Waals surface area contributed by atoms with Gasteiger partial charge in [0.15, 0.2) is 0 Å². The van der Waals surface area contributed by atoms with Gasteiger partial charge in [-0.1, -0.05) is 220 Å². The lowest BCUT2D eigenvalue weighted by Gasteiger charge is -2.09. The maximum atomic E-state index is 4.96. The summed E-state index contributed by atoms with van der Waals surface area (Å²) in [4.78, 5) is 9.93. The maximum absolute atomic E-state index is 4.96. The summed E-state index contributed by atoms with van der Waals surface area (Å²) >= 11 is 0. The highest BCUT2D eigenvalue weighted by Gasteiger charge is 2.06. The molecule has 1 aromatic heterocycles. The van der Waals surface area contributed by atoms with Crippen LogP contribution in [0.1, 0.15) is 249 Å². The van der Waals surface area contributed by atoms with E-state index in [0.717, 1.165) is 37.9 Å². The van der Waals surface area contributed by atoms with Gasteiger partial charge in [0, 0.05) is 17.8 Å². The molecular formula is C44H83N2. The van der Waals surface area contributed by atoms with Crippen molar-refractivity contribution in [3.05, 3.63) is 30.2 Å². The second kappa shape index (κ2) is 35.4. The first-order valence-corrected chi connectivity index (χ1v) is 21.4. The first kappa shape index (κ1) is 43.1. The van der Waals surface area contributed by atoms with Gasteiger partial charge in [-0.2, -0.15) is 0 Å². The molecule has 1 radical (unpaired) electrons. The first-order chi connectivity index (χ1) is 22.8. The van der Waals surface area contributed by atoms with Crippen molar-refractivity contribution in [1.82, 2.24) is 9.97 Å². The number of hydrogen-bond acceptors (Lipinski definition) is 2. The smallest absolute Gasteiger partial charge is 0.128 e. The fraction of sp³-hybridized carbons (Fsp3) is 0.886. The Morgan fingerprint density at radius 2 is 0.609 bits per heavy atom. The second-order valence-corrected chi connectivity index (χ2v) is 14.8. The van der Waals surface area contributed by atoms with Gasteiger partial charge in [0.05, 0.1) is 0 Å². The van der Waals surface area contributed by atoms with Crippen LogP contribution in [0.25, 0.3) is 0 Å². The number of nitrogens with zero attached hydrogens (tertiary/aromatic N) is 2. The molecule has 46 heavy (non-hydrogen) atoms. The van der Waals surface area contributed by atoms with E-state index in [1.165, 1.54) is 217 Å². The molecule has 0 aromatic carbocycles. The Hall–Kier alpha value is -0.920. The van der Waals surface area contributed by atoms with Crippen molar-refractivity contribution in [2.24, 2.45) is 0 Å². The lowest BCUT2D eigenvalue weighted by molar-refractivity contribution is 0.528. The number of aromatic nitrogens is 2. The van der Waals surface area contributed by atoms with Gasteiger partial charge in [0.1, 0.15) is 5.82 Å². The fourth-order valence-electron chi connectivity index (χ4n) is 6.97. The molecule has 0 atom stereocenters. The molecule has 0 amide bonds. The molecule has 0 saturated carbocycles. The van der Waals surface area contributed by atoms with Crippen LogP contribution in [-0.2, 0) is 19.3 Å². The minimum atomic E-state index is 0.973. The summed E-state index contributed by atoms with van der Waals surface area (Å²) in [5.74, 6) is 1.07. The Kier molecular flexibility index (Phi) is 33.2. The standard InChI is InChI=1S/C44H83N2/c1-4-7-10-12-14-16-18-20-22-24-26-28-30-32-34-36-38-42-41-43(46-44(45-42)40-9-6-3)39-37-35-33-31-29-27-25-23-21-19-17-15-13-11-8-5-2/h41H,3-40H2,1-2H3. The third-order valence-electron chi connectivity index (χ3n) is 10.1. The lowest BCUT2D eigenvalue weighted by atomic mass is 10.0. The largest absolute Gasteiger partial charge is 0.238 e. The molecule has 0 saturated heterocycles. The normalized spacial score (nSPS) is 11.5. The van der Waals surface area contributed by atoms with Crippen molar-refractivity contribution in [2.45, 2.75) is 251 Å². The van der Waals surface area contributed by atoms with Gasteiger partial charge in [-0.15, -0.1) is 0 Å². The van der Waals surface area contributed by atoms with Crippen LogP contribution in [-0.4, -0.2) is 9.97 Å². The molecule has 0 aliphatic carbocycles. The van der Waals surface area contributed by atoms with E-state index in [1.54, 1.807) is 0 Å². The van der Waals surface area contributed by atoms with Crippen LogP contribution in [0.15, 0.2) is 6.07 Å². The molecule has 1 aromatic rings. The molecule has 1 rings (SSSR count). The third-order valence-corrected chi connectivity index (χ3v) is 10.1. The highest BCUT2D eigenvalue weighted by molar-refractivity contribution is 5.12. The molecule has 2 heteroatoms. The van der Waals surface area contributed by atoms with E-state index < -0.39 is 0 Å². The van der Waals surface area contributed by atoms with Crippen molar-refractivity contribution in [1.29, 1.82) is 0 Å². The van der Waals surface area contributed by atoms with Gasteiger partial charge >= 0.3 is 0 Å². The van der Waals surface area contributed by atoms with Crippen LogP contribution >= 0.6 is 0 Å². The van der Waals surface area contributed by atoms with Crippen LogP contribution in [0.2, 0.25) is 0 Å². The number of rotatable bonds is 37. The first-order valence-electron chi connectivity index (χ1n) is 21.4. The molecule has 0 bridgehead atoms.